The molecule has 0 saturated carbocycles. The molecule has 0 saturated heterocycles. The lowest BCUT2D eigenvalue weighted by molar-refractivity contribution is 0.596. The summed E-state index contributed by atoms with van der Waals surface area (Å²) in [6, 6.07) is 10.0. The number of hydrogen-bond acceptors (Lipinski definition) is 3. The van der Waals surface area contributed by atoms with Crippen molar-refractivity contribution < 1.29 is 8.42 Å². The number of halogens is 1. The average molecular weight is 288 g/mol. The zero-order valence-corrected chi connectivity index (χ0v) is 11.4. The molecule has 0 aliphatic carbocycles. The van der Waals surface area contributed by atoms with Crippen LogP contribution in [0.2, 0.25) is 5.02 Å². The minimum atomic E-state index is -3.47. The van der Waals surface area contributed by atoms with Crippen molar-refractivity contribution in [1.82, 2.24) is 0 Å². The van der Waals surface area contributed by atoms with Crippen LogP contribution >= 0.6 is 22.9 Å². The number of nitrogens with zero attached hydrogens (tertiary/aromatic N) is 1. The van der Waals surface area contributed by atoms with Gasteiger partial charge in [-0.25, -0.2) is 8.42 Å². The van der Waals surface area contributed by atoms with Gasteiger partial charge >= 0.3 is 0 Å². The van der Waals surface area contributed by atoms with Crippen LogP contribution in [0.5, 0.6) is 0 Å². The Hall–Kier alpha value is -1.04. The molecule has 3 nitrogen and oxygen atoms in total. The van der Waals surface area contributed by atoms with Gasteiger partial charge in [-0.2, -0.15) is 0 Å². The molecule has 0 unspecified atom stereocenters. The maximum Gasteiger partial charge on any atom is 0.273 e. The van der Waals surface area contributed by atoms with Gasteiger partial charge in [-0.3, -0.25) is 4.31 Å². The van der Waals surface area contributed by atoms with E-state index >= 15 is 0 Å². The van der Waals surface area contributed by atoms with Crippen LogP contribution in [0.1, 0.15) is 0 Å². The Morgan fingerprint density at radius 3 is 2.59 bits per heavy atom. The standard InChI is InChI=1S/C11H10ClNO2S2/c1-13(10-5-2-4-9(12)8-10)17(14,15)11-6-3-7-16-11/h2-8H,1H3. The average Bonchev–Trinajstić information content (AvgIpc) is 2.82. The van der Waals surface area contributed by atoms with Gasteiger partial charge in [0.05, 0.1) is 5.69 Å². The first-order valence-corrected chi connectivity index (χ1v) is 7.49. The van der Waals surface area contributed by atoms with Crippen LogP contribution in [0.4, 0.5) is 5.69 Å². The Bertz CT molecular complexity index is 608. The van der Waals surface area contributed by atoms with Crippen molar-refractivity contribution in [3.8, 4) is 0 Å². The highest BCUT2D eigenvalue weighted by atomic mass is 35.5. The first-order chi connectivity index (χ1) is 8.01. The van der Waals surface area contributed by atoms with E-state index in [-0.39, 0.29) is 0 Å². The molecule has 0 bridgehead atoms. The maximum absolute atomic E-state index is 12.2. The fourth-order valence-corrected chi connectivity index (χ4v) is 3.89. The summed E-state index contributed by atoms with van der Waals surface area (Å²) in [4.78, 5) is 0. The van der Waals surface area contributed by atoms with Gasteiger partial charge in [0.15, 0.2) is 0 Å². The second-order valence-electron chi connectivity index (χ2n) is 3.38. The van der Waals surface area contributed by atoms with Crippen LogP contribution in [-0.2, 0) is 10.0 Å². The predicted molar refractivity (Wildman–Crippen MR) is 71.4 cm³/mol. The lowest BCUT2D eigenvalue weighted by Crippen LogP contribution is -2.25. The maximum atomic E-state index is 12.2. The first kappa shape index (κ1) is 12.4. The molecule has 0 aliphatic heterocycles. The second kappa shape index (κ2) is 4.68. The number of benzene rings is 1. The van der Waals surface area contributed by atoms with Crippen LogP contribution in [0, 0.1) is 0 Å². The Morgan fingerprint density at radius 2 is 2.00 bits per heavy atom. The summed E-state index contributed by atoms with van der Waals surface area (Å²) >= 11 is 7.04. The smallest absolute Gasteiger partial charge is 0.269 e. The van der Waals surface area contributed by atoms with Gasteiger partial charge in [0.1, 0.15) is 4.21 Å². The van der Waals surface area contributed by atoms with Gasteiger partial charge in [0, 0.05) is 12.1 Å². The molecule has 0 aliphatic rings. The molecule has 1 heterocycles. The number of anilines is 1. The second-order valence-corrected chi connectivity index (χ2v) is 6.96. The van der Waals surface area contributed by atoms with Crippen molar-refractivity contribution in [1.29, 1.82) is 0 Å². The van der Waals surface area contributed by atoms with E-state index in [9.17, 15) is 8.42 Å². The Balaban J connectivity index is 2.42. The summed E-state index contributed by atoms with van der Waals surface area (Å²) in [5.74, 6) is 0. The highest BCUT2D eigenvalue weighted by molar-refractivity contribution is 7.94. The van der Waals surface area contributed by atoms with Gasteiger partial charge in [0.2, 0.25) is 0 Å². The Labute approximate surface area is 109 Å². The van der Waals surface area contributed by atoms with Gasteiger partial charge in [-0.15, -0.1) is 11.3 Å². The number of sulfonamides is 1. The van der Waals surface area contributed by atoms with Gasteiger partial charge < -0.3 is 0 Å². The monoisotopic (exact) mass is 287 g/mol. The van der Waals surface area contributed by atoms with Crippen LogP contribution in [0.15, 0.2) is 46.0 Å². The van der Waals surface area contributed by atoms with E-state index in [2.05, 4.69) is 0 Å². The predicted octanol–water partition coefficient (Wildman–Crippen LogP) is 3.23. The van der Waals surface area contributed by atoms with E-state index in [0.717, 1.165) is 0 Å². The van der Waals surface area contributed by atoms with Crippen LogP contribution in [0.3, 0.4) is 0 Å². The van der Waals surface area contributed by atoms with E-state index < -0.39 is 10.0 Å². The summed E-state index contributed by atoms with van der Waals surface area (Å²) in [5.41, 5.74) is 0.547. The lowest BCUT2D eigenvalue weighted by Gasteiger charge is -2.18. The van der Waals surface area contributed by atoms with Gasteiger partial charge in [-0.05, 0) is 29.6 Å². The minimum absolute atomic E-state index is 0.319. The number of thiophene rings is 1. The van der Waals surface area contributed by atoms with Crippen LogP contribution in [0.25, 0.3) is 0 Å². The molecule has 0 spiro atoms. The molecule has 17 heavy (non-hydrogen) atoms. The summed E-state index contributed by atoms with van der Waals surface area (Å²) in [5, 5.41) is 2.24. The molecular formula is C11H10ClNO2S2. The highest BCUT2D eigenvalue weighted by Crippen LogP contribution is 2.26. The molecule has 2 rings (SSSR count). The zero-order valence-electron chi connectivity index (χ0n) is 9.00. The van der Waals surface area contributed by atoms with Gasteiger partial charge in [-0.1, -0.05) is 23.7 Å². The van der Waals surface area contributed by atoms with E-state index in [1.807, 2.05) is 0 Å². The molecule has 0 atom stereocenters. The van der Waals surface area contributed by atoms with Crippen molar-refractivity contribution >= 4 is 38.6 Å². The quantitative estimate of drug-likeness (QED) is 0.869. The van der Waals surface area contributed by atoms with Gasteiger partial charge in [0.25, 0.3) is 10.0 Å². The SMILES string of the molecule is CN(c1cccc(Cl)c1)S(=O)(=O)c1cccs1. The van der Waals surface area contributed by atoms with Crippen molar-refractivity contribution in [3.05, 3.63) is 46.8 Å². The first-order valence-electron chi connectivity index (χ1n) is 4.80. The van der Waals surface area contributed by atoms with Crippen molar-refractivity contribution in [2.24, 2.45) is 0 Å². The molecule has 90 valence electrons. The number of rotatable bonds is 3. The summed E-state index contributed by atoms with van der Waals surface area (Å²) in [6.07, 6.45) is 0. The molecule has 1 aromatic carbocycles. The highest BCUT2D eigenvalue weighted by Gasteiger charge is 2.22. The third-order valence-corrected chi connectivity index (χ3v) is 5.68. The fourth-order valence-electron chi connectivity index (χ4n) is 1.36. The van der Waals surface area contributed by atoms with E-state index in [1.165, 1.54) is 22.7 Å². The molecule has 0 radical (unpaired) electrons. The Kier molecular flexibility index (Phi) is 3.42. The van der Waals surface area contributed by atoms with Crippen molar-refractivity contribution in [3.63, 3.8) is 0 Å². The molecular weight excluding hydrogens is 278 g/mol. The molecule has 0 fully saturated rings. The van der Waals surface area contributed by atoms with E-state index in [4.69, 9.17) is 11.6 Å². The Morgan fingerprint density at radius 1 is 1.24 bits per heavy atom. The summed E-state index contributed by atoms with van der Waals surface area (Å²) < 4.78 is 25.9. The van der Waals surface area contributed by atoms with Crippen LogP contribution < -0.4 is 4.31 Å². The topological polar surface area (TPSA) is 37.4 Å². The molecule has 0 N–H and O–H groups in total. The van der Waals surface area contributed by atoms with Crippen molar-refractivity contribution in [2.75, 3.05) is 11.4 Å². The zero-order chi connectivity index (χ0) is 12.5. The van der Waals surface area contributed by atoms with E-state index in [0.29, 0.717) is 14.9 Å². The molecule has 1 aromatic heterocycles. The summed E-state index contributed by atoms with van der Waals surface area (Å²) in [6.45, 7) is 0. The molecule has 2 aromatic rings. The normalized spacial score (nSPS) is 11.4. The van der Waals surface area contributed by atoms with E-state index in [1.54, 1.807) is 41.8 Å². The fraction of sp³-hybridized carbons (Fsp3) is 0.0909. The largest absolute Gasteiger partial charge is 0.273 e. The van der Waals surface area contributed by atoms with Crippen LogP contribution in [-0.4, -0.2) is 15.5 Å². The molecule has 6 heteroatoms. The summed E-state index contributed by atoms with van der Waals surface area (Å²) in [7, 11) is -1.96. The molecule has 0 amide bonds. The third kappa shape index (κ3) is 2.46. The minimum Gasteiger partial charge on any atom is -0.269 e. The third-order valence-electron chi connectivity index (χ3n) is 2.28. The lowest BCUT2D eigenvalue weighted by atomic mass is 10.3. The van der Waals surface area contributed by atoms with Crippen molar-refractivity contribution in [2.45, 2.75) is 4.21 Å². The number of hydrogen-bond donors (Lipinski definition) is 0.